The average Bonchev–Trinajstić information content (AvgIpc) is 2.66. The van der Waals surface area contributed by atoms with E-state index in [1.54, 1.807) is 6.07 Å². The molecule has 5 heteroatoms. The van der Waals surface area contributed by atoms with E-state index in [0.717, 1.165) is 10.2 Å². The number of aromatic nitrogens is 2. The van der Waals surface area contributed by atoms with Crippen molar-refractivity contribution in [3.8, 4) is 5.69 Å². The smallest absolute Gasteiger partial charge is 0.240 e. The molecular weight excluding hydrogens is 266 g/mol. The molecule has 78 valence electrons. The summed E-state index contributed by atoms with van der Waals surface area (Å²) in [6, 6.07) is 8.60. The van der Waals surface area contributed by atoms with Crippen LogP contribution < -0.4 is 0 Å². The summed E-state index contributed by atoms with van der Waals surface area (Å²) in [4.78, 5) is 0. The SMILES string of the molecule is FC(F)c1ccn(-c2cccc(Br)c2)n1. The summed E-state index contributed by atoms with van der Waals surface area (Å²) in [6.45, 7) is 0. The quantitative estimate of drug-likeness (QED) is 0.817. The van der Waals surface area contributed by atoms with Crippen molar-refractivity contribution in [2.24, 2.45) is 0 Å². The fraction of sp³-hybridized carbons (Fsp3) is 0.100. The highest BCUT2D eigenvalue weighted by molar-refractivity contribution is 9.10. The summed E-state index contributed by atoms with van der Waals surface area (Å²) in [7, 11) is 0. The summed E-state index contributed by atoms with van der Waals surface area (Å²) in [5, 5.41) is 3.77. The van der Waals surface area contributed by atoms with E-state index in [4.69, 9.17) is 0 Å². The molecule has 0 amide bonds. The Morgan fingerprint density at radius 2 is 2.07 bits per heavy atom. The molecule has 0 saturated carbocycles. The van der Waals surface area contributed by atoms with E-state index in [1.165, 1.54) is 16.9 Å². The lowest BCUT2D eigenvalue weighted by Gasteiger charge is -2.01. The first kappa shape index (κ1) is 10.3. The molecule has 0 atom stereocenters. The van der Waals surface area contributed by atoms with E-state index < -0.39 is 6.43 Å². The van der Waals surface area contributed by atoms with E-state index in [9.17, 15) is 8.78 Å². The van der Waals surface area contributed by atoms with Crippen molar-refractivity contribution < 1.29 is 8.78 Å². The summed E-state index contributed by atoms with van der Waals surface area (Å²) in [5.74, 6) is 0. The van der Waals surface area contributed by atoms with Crippen LogP contribution >= 0.6 is 15.9 Å². The van der Waals surface area contributed by atoms with Gasteiger partial charge in [-0.3, -0.25) is 0 Å². The van der Waals surface area contributed by atoms with E-state index in [1.807, 2.05) is 18.2 Å². The highest BCUT2D eigenvalue weighted by Gasteiger charge is 2.10. The van der Waals surface area contributed by atoms with Crippen LogP contribution in [0.2, 0.25) is 0 Å². The second kappa shape index (κ2) is 4.10. The number of halogens is 3. The fourth-order valence-electron chi connectivity index (χ4n) is 1.22. The lowest BCUT2D eigenvalue weighted by molar-refractivity contribution is 0.145. The Balaban J connectivity index is 2.37. The van der Waals surface area contributed by atoms with Crippen molar-refractivity contribution in [3.05, 3.63) is 46.7 Å². The van der Waals surface area contributed by atoms with Crippen LogP contribution in [0.4, 0.5) is 8.78 Å². The van der Waals surface area contributed by atoms with Crippen LogP contribution in [-0.2, 0) is 0 Å². The largest absolute Gasteiger partial charge is 0.282 e. The number of hydrogen-bond acceptors (Lipinski definition) is 1. The summed E-state index contributed by atoms with van der Waals surface area (Å²) < 4.78 is 26.9. The van der Waals surface area contributed by atoms with Crippen LogP contribution in [0.3, 0.4) is 0 Å². The second-order valence-electron chi connectivity index (χ2n) is 2.97. The minimum Gasteiger partial charge on any atom is -0.240 e. The van der Waals surface area contributed by atoms with Crippen LogP contribution in [0.5, 0.6) is 0 Å². The maximum absolute atomic E-state index is 12.3. The van der Waals surface area contributed by atoms with Gasteiger partial charge in [0.1, 0.15) is 5.69 Å². The molecule has 0 spiro atoms. The molecule has 0 aliphatic heterocycles. The van der Waals surface area contributed by atoms with Crippen molar-refractivity contribution in [1.29, 1.82) is 0 Å². The Morgan fingerprint density at radius 3 is 2.67 bits per heavy atom. The Hall–Kier alpha value is -1.23. The van der Waals surface area contributed by atoms with E-state index >= 15 is 0 Å². The Labute approximate surface area is 93.7 Å². The summed E-state index contributed by atoms with van der Waals surface area (Å²) in [5.41, 5.74) is 0.534. The molecule has 1 aromatic heterocycles. The Kier molecular flexibility index (Phi) is 2.81. The molecule has 0 aliphatic carbocycles. The van der Waals surface area contributed by atoms with Crippen LogP contribution in [-0.4, -0.2) is 9.78 Å². The van der Waals surface area contributed by atoms with Gasteiger partial charge in [-0.25, -0.2) is 13.5 Å². The van der Waals surface area contributed by atoms with Crippen molar-refractivity contribution in [2.45, 2.75) is 6.43 Å². The first-order valence-electron chi connectivity index (χ1n) is 4.26. The van der Waals surface area contributed by atoms with Crippen molar-refractivity contribution in [2.75, 3.05) is 0 Å². The third-order valence-electron chi connectivity index (χ3n) is 1.91. The zero-order chi connectivity index (χ0) is 10.8. The maximum atomic E-state index is 12.3. The van der Waals surface area contributed by atoms with Gasteiger partial charge in [0, 0.05) is 10.7 Å². The van der Waals surface area contributed by atoms with Gasteiger partial charge in [-0.05, 0) is 24.3 Å². The minimum atomic E-state index is -2.53. The van der Waals surface area contributed by atoms with Gasteiger partial charge >= 0.3 is 0 Å². The van der Waals surface area contributed by atoms with Crippen LogP contribution in [0.15, 0.2) is 41.0 Å². The molecule has 0 saturated heterocycles. The topological polar surface area (TPSA) is 17.8 Å². The number of nitrogens with zero attached hydrogens (tertiary/aromatic N) is 2. The first-order valence-corrected chi connectivity index (χ1v) is 5.06. The third kappa shape index (κ3) is 2.23. The van der Waals surface area contributed by atoms with Crippen molar-refractivity contribution in [3.63, 3.8) is 0 Å². The zero-order valence-corrected chi connectivity index (χ0v) is 9.16. The zero-order valence-electron chi connectivity index (χ0n) is 7.57. The van der Waals surface area contributed by atoms with Crippen molar-refractivity contribution in [1.82, 2.24) is 9.78 Å². The molecule has 0 bridgehead atoms. The highest BCUT2D eigenvalue weighted by atomic mass is 79.9. The summed E-state index contributed by atoms with van der Waals surface area (Å²) >= 11 is 3.31. The van der Waals surface area contributed by atoms with E-state index in [0.29, 0.717) is 0 Å². The molecule has 0 N–H and O–H groups in total. The average molecular weight is 273 g/mol. The molecule has 0 aliphatic rings. The van der Waals surface area contributed by atoms with Gasteiger partial charge in [-0.15, -0.1) is 0 Å². The molecule has 15 heavy (non-hydrogen) atoms. The standard InChI is InChI=1S/C10H7BrF2N2/c11-7-2-1-3-8(6-7)15-5-4-9(14-15)10(12)13/h1-6,10H. The molecule has 1 heterocycles. The molecular formula is C10H7BrF2N2. The van der Waals surface area contributed by atoms with Gasteiger partial charge in [-0.1, -0.05) is 22.0 Å². The predicted octanol–water partition coefficient (Wildman–Crippen LogP) is 3.57. The Bertz CT molecular complexity index is 468. The molecule has 2 rings (SSSR count). The van der Waals surface area contributed by atoms with E-state index in [-0.39, 0.29) is 5.69 Å². The molecule has 2 aromatic rings. The van der Waals surface area contributed by atoms with E-state index in [2.05, 4.69) is 21.0 Å². The third-order valence-corrected chi connectivity index (χ3v) is 2.40. The van der Waals surface area contributed by atoms with Gasteiger partial charge in [0.05, 0.1) is 5.69 Å². The van der Waals surface area contributed by atoms with Crippen LogP contribution in [0.1, 0.15) is 12.1 Å². The minimum absolute atomic E-state index is 0.213. The van der Waals surface area contributed by atoms with Gasteiger partial charge in [0.15, 0.2) is 0 Å². The Morgan fingerprint density at radius 1 is 1.27 bits per heavy atom. The number of hydrogen-bond donors (Lipinski definition) is 0. The van der Waals surface area contributed by atoms with Gasteiger partial charge in [0.25, 0.3) is 6.43 Å². The molecule has 0 radical (unpaired) electrons. The molecule has 0 unspecified atom stereocenters. The molecule has 0 fully saturated rings. The van der Waals surface area contributed by atoms with Gasteiger partial charge in [0.2, 0.25) is 0 Å². The first-order chi connectivity index (χ1) is 7.16. The second-order valence-corrected chi connectivity index (χ2v) is 3.88. The molecule has 2 nitrogen and oxygen atoms in total. The predicted molar refractivity (Wildman–Crippen MR) is 56.2 cm³/mol. The van der Waals surface area contributed by atoms with Crippen LogP contribution in [0, 0.1) is 0 Å². The fourth-order valence-corrected chi connectivity index (χ4v) is 1.60. The lowest BCUT2D eigenvalue weighted by Crippen LogP contribution is -1.96. The monoisotopic (exact) mass is 272 g/mol. The maximum Gasteiger partial charge on any atom is 0.282 e. The molecule has 1 aromatic carbocycles. The van der Waals surface area contributed by atoms with Crippen LogP contribution in [0.25, 0.3) is 5.69 Å². The van der Waals surface area contributed by atoms with Gasteiger partial charge < -0.3 is 0 Å². The highest BCUT2D eigenvalue weighted by Crippen LogP contribution is 2.19. The normalized spacial score (nSPS) is 10.9. The van der Waals surface area contributed by atoms with Gasteiger partial charge in [-0.2, -0.15) is 5.10 Å². The lowest BCUT2D eigenvalue weighted by atomic mass is 10.3. The summed E-state index contributed by atoms with van der Waals surface area (Å²) in [6.07, 6.45) is -1.01. The number of alkyl halides is 2. The number of rotatable bonds is 2. The number of benzene rings is 1. The van der Waals surface area contributed by atoms with Crippen molar-refractivity contribution >= 4 is 15.9 Å².